The number of hydrogen-bond acceptors (Lipinski definition) is 6. The molecule has 11 heteroatoms. The maximum atomic E-state index is 13.5. The molecule has 0 spiro atoms. The summed E-state index contributed by atoms with van der Waals surface area (Å²) < 4.78 is 40.6. The number of carbonyl (C=O) groups excluding carboxylic acids is 1. The first-order chi connectivity index (χ1) is 17.9. The number of carbonyl (C=O) groups is 1. The number of nitrogens with one attached hydrogen (secondary N) is 1. The zero-order chi connectivity index (χ0) is 27.6. The number of aromatic nitrogens is 1. The first-order valence-electron chi connectivity index (χ1n) is 12.2. The van der Waals surface area contributed by atoms with Crippen LogP contribution in [0.25, 0.3) is 22.0 Å². The molecule has 0 bridgehead atoms. The highest BCUT2D eigenvalue weighted by atomic mass is 35.5. The molecule has 1 aromatic heterocycles. The van der Waals surface area contributed by atoms with Crippen LogP contribution in [-0.2, 0) is 11.0 Å². The molecular formula is C27H29ClF3N3O3S. The number of phenolic OH excluding ortho intramolecular Hbond substituents is 1. The van der Waals surface area contributed by atoms with Gasteiger partial charge in [-0.3, -0.25) is 9.59 Å². The lowest BCUT2D eigenvalue weighted by Gasteiger charge is -2.23. The van der Waals surface area contributed by atoms with Crippen molar-refractivity contribution in [2.24, 2.45) is 0 Å². The van der Waals surface area contributed by atoms with Crippen LogP contribution >= 0.6 is 23.4 Å². The van der Waals surface area contributed by atoms with E-state index in [-0.39, 0.29) is 49.2 Å². The lowest BCUT2D eigenvalue weighted by atomic mass is 9.98. The fraction of sp³-hybridized carbons (Fsp3) is 0.407. The molecule has 3 aromatic rings. The Morgan fingerprint density at radius 3 is 2.71 bits per heavy atom. The van der Waals surface area contributed by atoms with Gasteiger partial charge in [-0.25, -0.2) is 0 Å². The van der Waals surface area contributed by atoms with Gasteiger partial charge in [0.25, 0.3) is 5.56 Å². The number of phenols is 1. The van der Waals surface area contributed by atoms with Crippen molar-refractivity contribution in [1.29, 1.82) is 0 Å². The first-order valence-corrected chi connectivity index (χ1v) is 13.6. The van der Waals surface area contributed by atoms with E-state index in [2.05, 4.69) is 28.9 Å². The molecule has 1 aliphatic heterocycles. The first kappa shape index (κ1) is 28.5. The molecular weight excluding hydrogens is 539 g/mol. The molecule has 2 N–H and O–H groups in total. The zero-order valence-corrected chi connectivity index (χ0v) is 22.6. The van der Waals surface area contributed by atoms with E-state index in [1.54, 1.807) is 0 Å². The topological polar surface area (TPSA) is 76.6 Å². The summed E-state index contributed by atoms with van der Waals surface area (Å²) in [6, 6.07) is 7.62. The molecule has 1 aliphatic rings. The van der Waals surface area contributed by atoms with E-state index < -0.39 is 17.3 Å². The Bertz CT molecular complexity index is 1400. The van der Waals surface area contributed by atoms with Gasteiger partial charge in [0.15, 0.2) is 0 Å². The summed E-state index contributed by atoms with van der Waals surface area (Å²) in [5, 5.41) is 10.9. The summed E-state index contributed by atoms with van der Waals surface area (Å²) >= 11 is 7.09. The van der Waals surface area contributed by atoms with Crippen LogP contribution in [0.3, 0.4) is 0 Å². The summed E-state index contributed by atoms with van der Waals surface area (Å²) in [6.45, 7) is 2.83. The normalized spacial score (nSPS) is 16.6. The van der Waals surface area contributed by atoms with Crippen LogP contribution in [0.1, 0.15) is 24.8 Å². The number of aromatic amines is 1. The summed E-state index contributed by atoms with van der Waals surface area (Å²) in [5.41, 5.74) is -1.06. The second-order valence-electron chi connectivity index (χ2n) is 9.69. The Labute approximate surface area is 227 Å². The number of rotatable bonds is 9. The molecule has 1 saturated heterocycles. The number of likely N-dealkylation sites (tertiary alicyclic amines) is 1. The average Bonchev–Trinajstić information content (AvgIpc) is 3.29. The number of alkyl halides is 3. The molecule has 38 heavy (non-hydrogen) atoms. The molecule has 1 unspecified atom stereocenters. The van der Waals surface area contributed by atoms with Gasteiger partial charge in [-0.15, -0.1) is 11.8 Å². The van der Waals surface area contributed by atoms with E-state index >= 15 is 0 Å². The largest absolute Gasteiger partial charge is 0.507 e. The summed E-state index contributed by atoms with van der Waals surface area (Å²) in [6.07, 6.45) is -2.53. The van der Waals surface area contributed by atoms with E-state index in [0.717, 1.165) is 49.9 Å². The van der Waals surface area contributed by atoms with Crippen molar-refractivity contribution in [3.05, 3.63) is 57.3 Å². The predicted molar refractivity (Wildman–Crippen MR) is 145 cm³/mol. The number of H-pyrrole nitrogens is 1. The number of pyridine rings is 1. The number of ketones is 1. The Morgan fingerprint density at radius 1 is 1.26 bits per heavy atom. The molecule has 2 heterocycles. The van der Waals surface area contributed by atoms with Crippen LogP contribution in [0.2, 0.25) is 5.02 Å². The van der Waals surface area contributed by atoms with Crippen LogP contribution in [0.4, 0.5) is 13.2 Å². The van der Waals surface area contributed by atoms with Crippen molar-refractivity contribution in [2.45, 2.75) is 36.4 Å². The van der Waals surface area contributed by atoms with Crippen molar-refractivity contribution in [2.75, 3.05) is 39.5 Å². The van der Waals surface area contributed by atoms with Crippen molar-refractivity contribution >= 4 is 40.0 Å². The quantitative estimate of drug-likeness (QED) is 0.325. The highest BCUT2D eigenvalue weighted by Crippen LogP contribution is 2.42. The maximum absolute atomic E-state index is 13.5. The minimum atomic E-state index is -4.61. The number of fused-ring (bicyclic) bond motifs is 1. The zero-order valence-electron chi connectivity index (χ0n) is 21.1. The predicted octanol–water partition coefficient (Wildman–Crippen LogP) is 5.65. The molecule has 6 nitrogen and oxygen atoms in total. The molecule has 1 atom stereocenters. The Hall–Kier alpha value is -2.53. The third kappa shape index (κ3) is 6.54. The van der Waals surface area contributed by atoms with Gasteiger partial charge in [0.2, 0.25) is 0 Å². The molecule has 0 radical (unpaired) electrons. The number of Topliss-reactive ketones (excluding diaryl/α,β-unsaturated/α-hetero) is 1. The summed E-state index contributed by atoms with van der Waals surface area (Å²) in [4.78, 5) is 33.0. The minimum Gasteiger partial charge on any atom is -0.507 e. The lowest BCUT2D eigenvalue weighted by molar-refractivity contribution is -0.137. The van der Waals surface area contributed by atoms with Gasteiger partial charge in [-0.05, 0) is 76.4 Å². The highest BCUT2D eigenvalue weighted by Gasteiger charge is 2.31. The van der Waals surface area contributed by atoms with E-state index in [4.69, 9.17) is 11.6 Å². The molecule has 204 valence electrons. The van der Waals surface area contributed by atoms with Crippen LogP contribution in [-0.4, -0.2) is 71.2 Å². The van der Waals surface area contributed by atoms with Crippen molar-refractivity contribution < 1.29 is 23.1 Å². The number of aromatic hydroxyl groups is 1. The third-order valence-electron chi connectivity index (χ3n) is 6.86. The maximum Gasteiger partial charge on any atom is 0.416 e. The van der Waals surface area contributed by atoms with E-state index in [1.165, 1.54) is 24.3 Å². The number of hydrogen-bond donors (Lipinski definition) is 2. The van der Waals surface area contributed by atoms with E-state index in [1.807, 2.05) is 0 Å². The van der Waals surface area contributed by atoms with Gasteiger partial charge in [0.1, 0.15) is 11.5 Å². The van der Waals surface area contributed by atoms with Gasteiger partial charge in [0.05, 0.1) is 16.2 Å². The second kappa shape index (κ2) is 11.7. The minimum absolute atomic E-state index is 0.0300. The Balaban J connectivity index is 1.60. The SMILES string of the molecule is CN1CCC(N(C)CCCC(=O)CSc2c(-c3cc(Cl)ccc3O)c3cc(C(F)(F)F)ccc3[nH]c2=O)C1. The number of likely N-dealkylation sites (N-methyl/N-ethyl adjacent to an activating group) is 2. The molecule has 1 fully saturated rings. The molecule has 0 amide bonds. The van der Waals surface area contributed by atoms with Gasteiger partial charge in [-0.1, -0.05) is 11.6 Å². The third-order valence-corrected chi connectivity index (χ3v) is 8.24. The van der Waals surface area contributed by atoms with Gasteiger partial charge >= 0.3 is 6.18 Å². The van der Waals surface area contributed by atoms with Crippen LogP contribution in [0, 0.1) is 0 Å². The van der Waals surface area contributed by atoms with E-state index in [9.17, 15) is 27.9 Å². The van der Waals surface area contributed by atoms with Crippen molar-refractivity contribution in [3.63, 3.8) is 0 Å². The monoisotopic (exact) mass is 567 g/mol. The average molecular weight is 568 g/mol. The van der Waals surface area contributed by atoms with Crippen molar-refractivity contribution in [3.8, 4) is 16.9 Å². The number of nitrogens with zero attached hydrogens (tertiary/aromatic N) is 2. The standard InChI is InChI=1S/C27H29ClF3N3O3S/c1-33-11-9-18(14-33)34(2)10-3-4-19(35)15-38-25-24(21-13-17(28)6-8-23(21)36)20-12-16(27(29,30)31)5-7-22(20)32-26(25)37/h5-8,12-13,18,36H,3-4,9-11,14-15H2,1-2H3,(H,32,37). The molecule has 4 rings (SSSR count). The highest BCUT2D eigenvalue weighted by molar-refractivity contribution is 8.00. The molecule has 0 aliphatic carbocycles. The van der Waals surface area contributed by atoms with Gasteiger partial charge in [-0.2, -0.15) is 13.2 Å². The van der Waals surface area contributed by atoms with Gasteiger partial charge < -0.3 is 19.9 Å². The number of thioether (sulfide) groups is 1. The van der Waals surface area contributed by atoms with Gasteiger partial charge in [0, 0.05) is 46.1 Å². The van der Waals surface area contributed by atoms with Crippen LogP contribution in [0.15, 0.2) is 46.1 Å². The summed E-state index contributed by atoms with van der Waals surface area (Å²) in [5.74, 6) is -0.346. The Morgan fingerprint density at radius 2 is 2.03 bits per heavy atom. The van der Waals surface area contributed by atoms with Crippen molar-refractivity contribution in [1.82, 2.24) is 14.8 Å². The van der Waals surface area contributed by atoms with E-state index in [0.29, 0.717) is 18.9 Å². The second-order valence-corrected chi connectivity index (χ2v) is 11.1. The number of halogens is 4. The fourth-order valence-electron chi connectivity index (χ4n) is 4.77. The lowest BCUT2D eigenvalue weighted by Crippen LogP contribution is -2.34. The Kier molecular flexibility index (Phi) is 8.76. The van der Waals surface area contributed by atoms with Crippen LogP contribution in [0.5, 0.6) is 5.75 Å². The fourth-order valence-corrected chi connectivity index (χ4v) is 5.94. The summed E-state index contributed by atoms with van der Waals surface area (Å²) in [7, 11) is 4.14. The smallest absolute Gasteiger partial charge is 0.416 e. The molecule has 2 aromatic carbocycles. The number of benzene rings is 2. The molecule has 0 saturated carbocycles. The van der Waals surface area contributed by atoms with Crippen LogP contribution < -0.4 is 5.56 Å².